The second-order valence-corrected chi connectivity index (χ2v) is 5.65. The van der Waals surface area contributed by atoms with Gasteiger partial charge in [-0.15, -0.1) is 0 Å². The minimum Gasteiger partial charge on any atom is -0.477 e. The van der Waals surface area contributed by atoms with E-state index >= 15 is 0 Å². The zero-order valence-corrected chi connectivity index (χ0v) is 14.1. The zero-order valence-electron chi connectivity index (χ0n) is 14.1. The quantitative estimate of drug-likeness (QED) is 0.650. The highest BCUT2D eigenvalue weighted by Crippen LogP contribution is 2.21. The molecule has 0 amide bonds. The van der Waals surface area contributed by atoms with Crippen molar-refractivity contribution < 1.29 is 9.15 Å². The molecule has 1 aromatic carbocycles. The molecular formula is C20H19N3O2. The van der Waals surface area contributed by atoms with Crippen molar-refractivity contribution in [1.82, 2.24) is 9.97 Å². The normalized spacial score (nSPS) is 10.4. The first-order chi connectivity index (χ1) is 12.3. The Morgan fingerprint density at radius 1 is 1.12 bits per heavy atom. The lowest BCUT2D eigenvalue weighted by atomic mass is 10.2. The van der Waals surface area contributed by atoms with Crippen molar-refractivity contribution in [1.29, 1.82) is 5.26 Å². The summed E-state index contributed by atoms with van der Waals surface area (Å²) < 4.78 is 11.4. The van der Waals surface area contributed by atoms with Crippen LogP contribution in [0, 0.1) is 18.3 Å². The maximum atomic E-state index is 8.59. The molecule has 0 fully saturated rings. The van der Waals surface area contributed by atoms with Gasteiger partial charge in [0.1, 0.15) is 5.76 Å². The summed E-state index contributed by atoms with van der Waals surface area (Å²) in [7, 11) is 0. The van der Waals surface area contributed by atoms with Crippen molar-refractivity contribution in [3.8, 4) is 23.4 Å². The standard InChI is InChI=1S/C20H19N3O2/c1-15-18(23-20(25-15)17-7-3-2-4-8-17)11-13-24-19-10-9-16(14-22-19)6-5-12-21/h2-4,7-10,14H,5-6,11,13H2,1H3. The van der Waals surface area contributed by atoms with Crippen LogP contribution in [0.25, 0.3) is 11.5 Å². The first kappa shape index (κ1) is 16.7. The highest BCUT2D eigenvalue weighted by Gasteiger charge is 2.11. The molecule has 25 heavy (non-hydrogen) atoms. The van der Waals surface area contributed by atoms with E-state index in [1.807, 2.05) is 49.4 Å². The second kappa shape index (κ2) is 8.11. The molecule has 0 atom stereocenters. The summed E-state index contributed by atoms with van der Waals surface area (Å²) in [5.41, 5.74) is 2.89. The molecule has 0 bridgehead atoms. The minimum atomic E-state index is 0.478. The molecule has 3 rings (SSSR count). The predicted molar refractivity (Wildman–Crippen MR) is 94.0 cm³/mol. The fourth-order valence-electron chi connectivity index (χ4n) is 2.46. The lowest BCUT2D eigenvalue weighted by Crippen LogP contribution is -2.04. The number of aryl methyl sites for hydroxylation is 2. The van der Waals surface area contributed by atoms with Crippen LogP contribution in [0.5, 0.6) is 5.88 Å². The van der Waals surface area contributed by atoms with Crippen molar-refractivity contribution in [2.45, 2.75) is 26.2 Å². The number of benzene rings is 1. The minimum absolute atomic E-state index is 0.478. The largest absolute Gasteiger partial charge is 0.477 e. The van der Waals surface area contributed by atoms with Crippen LogP contribution in [0.15, 0.2) is 53.1 Å². The van der Waals surface area contributed by atoms with Gasteiger partial charge in [0.05, 0.1) is 18.4 Å². The molecule has 2 heterocycles. The Kier molecular flexibility index (Phi) is 5.43. The average Bonchev–Trinajstić information content (AvgIpc) is 3.03. The molecule has 0 unspecified atom stereocenters. The van der Waals surface area contributed by atoms with E-state index in [1.165, 1.54) is 0 Å². The molecule has 2 aromatic heterocycles. The summed E-state index contributed by atoms with van der Waals surface area (Å²) in [4.78, 5) is 8.82. The molecule has 126 valence electrons. The fourth-order valence-corrected chi connectivity index (χ4v) is 2.46. The van der Waals surface area contributed by atoms with E-state index in [-0.39, 0.29) is 0 Å². The van der Waals surface area contributed by atoms with Gasteiger partial charge in [0.15, 0.2) is 0 Å². The molecule has 0 aliphatic carbocycles. The predicted octanol–water partition coefficient (Wildman–Crippen LogP) is 4.12. The highest BCUT2D eigenvalue weighted by atomic mass is 16.5. The Hall–Kier alpha value is -3.13. The van der Waals surface area contributed by atoms with Gasteiger partial charge in [-0.25, -0.2) is 9.97 Å². The number of hydrogen-bond donors (Lipinski definition) is 0. The molecule has 0 N–H and O–H groups in total. The molecule has 0 aliphatic rings. The summed E-state index contributed by atoms with van der Waals surface area (Å²) in [6.07, 6.45) is 3.61. The molecule has 0 saturated carbocycles. The van der Waals surface area contributed by atoms with Gasteiger partial charge in [-0.2, -0.15) is 5.26 Å². The number of pyridine rings is 1. The van der Waals surface area contributed by atoms with Gasteiger partial charge in [-0.3, -0.25) is 0 Å². The smallest absolute Gasteiger partial charge is 0.226 e. The van der Waals surface area contributed by atoms with Crippen molar-refractivity contribution in [2.24, 2.45) is 0 Å². The Morgan fingerprint density at radius 3 is 2.68 bits per heavy atom. The Balaban J connectivity index is 1.56. The maximum absolute atomic E-state index is 8.59. The number of rotatable bonds is 7. The molecule has 0 saturated heterocycles. The van der Waals surface area contributed by atoms with Crippen molar-refractivity contribution in [2.75, 3.05) is 6.61 Å². The summed E-state index contributed by atoms with van der Waals surface area (Å²) in [5.74, 6) is 2.01. The molecule has 3 aromatic rings. The van der Waals surface area contributed by atoms with E-state index in [0.717, 1.165) is 22.6 Å². The number of oxazole rings is 1. The highest BCUT2D eigenvalue weighted by molar-refractivity contribution is 5.53. The van der Waals surface area contributed by atoms with Crippen LogP contribution in [-0.2, 0) is 12.8 Å². The van der Waals surface area contributed by atoms with Gasteiger partial charge in [0, 0.05) is 30.7 Å². The summed E-state index contributed by atoms with van der Waals surface area (Å²) >= 11 is 0. The van der Waals surface area contributed by atoms with E-state index in [2.05, 4.69) is 16.0 Å². The van der Waals surface area contributed by atoms with E-state index < -0.39 is 0 Å². The monoisotopic (exact) mass is 333 g/mol. The van der Waals surface area contributed by atoms with Crippen LogP contribution >= 0.6 is 0 Å². The Morgan fingerprint density at radius 2 is 1.96 bits per heavy atom. The number of ether oxygens (including phenoxy) is 1. The average molecular weight is 333 g/mol. The van der Waals surface area contributed by atoms with Crippen LogP contribution in [0.2, 0.25) is 0 Å². The maximum Gasteiger partial charge on any atom is 0.226 e. The van der Waals surface area contributed by atoms with E-state index in [0.29, 0.717) is 37.6 Å². The molecule has 5 nitrogen and oxygen atoms in total. The van der Waals surface area contributed by atoms with Crippen LogP contribution in [0.1, 0.15) is 23.4 Å². The number of hydrogen-bond acceptors (Lipinski definition) is 5. The first-order valence-corrected chi connectivity index (χ1v) is 8.22. The van der Waals surface area contributed by atoms with Gasteiger partial charge in [0.2, 0.25) is 11.8 Å². The lowest BCUT2D eigenvalue weighted by Gasteiger charge is -2.05. The molecular weight excluding hydrogens is 314 g/mol. The first-order valence-electron chi connectivity index (χ1n) is 8.22. The topological polar surface area (TPSA) is 71.9 Å². The number of aromatic nitrogens is 2. The Labute approximate surface area is 146 Å². The van der Waals surface area contributed by atoms with Gasteiger partial charge >= 0.3 is 0 Å². The second-order valence-electron chi connectivity index (χ2n) is 5.65. The molecule has 0 radical (unpaired) electrons. The third-order valence-corrected chi connectivity index (χ3v) is 3.83. The van der Waals surface area contributed by atoms with Crippen LogP contribution in [-0.4, -0.2) is 16.6 Å². The third-order valence-electron chi connectivity index (χ3n) is 3.83. The van der Waals surface area contributed by atoms with Gasteiger partial charge < -0.3 is 9.15 Å². The summed E-state index contributed by atoms with van der Waals surface area (Å²) in [6.45, 7) is 2.39. The van der Waals surface area contributed by atoms with Gasteiger partial charge in [-0.05, 0) is 31.0 Å². The molecule has 5 heteroatoms. The number of nitrogens with zero attached hydrogens (tertiary/aromatic N) is 3. The van der Waals surface area contributed by atoms with E-state index in [9.17, 15) is 0 Å². The lowest BCUT2D eigenvalue weighted by molar-refractivity contribution is 0.307. The van der Waals surface area contributed by atoms with Crippen LogP contribution < -0.4 is 4.74 Å². The van der Waals surface area contributed by atoms with Gasteiger partial charge in [-0.1, -0.05) is 24.3 Å². The van der Waals surface area contributed by atoms with E-state index in [4.69, 9.17) is 14.4 Å². The Bertz CT molecular complexity index is 849. The number of nitriles is 1. The SMILES string of the molecule is Cc1oc(-c2ccccc2)nc1CCOc1ccc(CCC#N)cn1. The van der Waals surface area contributed by atoms with Crippen molar-refractivity contribution >= 4 is 0 Å². The van der Waals surface area contributed by atoms with Crippen molar-refractivity contribution in [3.05, 3.63) is 65.7 Å². The fraction of sp³-hybridized carbons (Fsp3) is 0.250. The summed E-state index contributed by atoms with van der Waals surface area (Å²) in [6, 6.07) is 15.7. The molecule has 0 spiro atoms. The third kappa shape index (κ3) is 4.45. The van der Waals surface area contributed by atoms with Crippen LogP contribution in [0.3, 0.4) is 0 Å². The van der Waals surface area contributed by atoms with E-state index in [1.54, 1.807) is 6.20 Å². The zero-order chi connectivity index (χ0) is 17.5. The van der Waals surface area contributed by atoms with Crippen molar-refractivity contribution in [3.63, 3.8) is 0 Å². The van der Waals surface area contributed by atoms with Crippen LogP contribution in [0.4, 0.5) is 0 Å². The van der Waals surface area contributed by atoms with Gasteiger partial charge in [0.25, 0.3) is 0 Å². The molecule has 0 aliphatic heterocycles. The summed E-state index contributed by atoms with van der Waals surface area (Å²) in [5, 5.41) is 8.59.